The molecule has 0 aliphatic rings. The zero-order valence-corrected chi connectivity index (χ0v) is 11.2. The minimum Gasteiger partial charge on any atom is -0.397 e. The predicted octanol–water partition coefficient (Wildman–Crippen LogP) is 4.10. The predicted molar refractivity (Wildman–Crippen MR) is 79.0 cm³/mol. The highest BCUT2D eigenvalue weighted by atomic mass is 35.5. The summed E-state index contributed by atoms with van der Waals surface area (Å²) < 4.78 is 0. The van der Waals surface area contributed by atoms with Crippen molar-refractivity contribution in [3.63, 3.8) is 0 Å². The number of aryl methyl sites for hydroxylation is 1. The highest BCUT2D eigenvalue weighted by molar-refractivity contribution is 6.31. The van der Waals surface area contributed by atoms with Gasteiger partial charge in [-0.3, -0.25) is 0 Å². The highest BCUT2D eigenvalue weighted by Crippen LogP contribution is 2.23. The summed E-state index contributed by atoms with van der Waals surface area (Å²) in [6.07, 6.45) is 1.03. The third kappa shape index (κ3) is 2.96. The van der Waals surface area contributed by atoms with Gasteiger partial charge in [0.1, 0.15) is 0 Å². The maximum Gasteiger partial charge on any atom is 0.0591 e. The monoisotopic (exact) mass is 260 g/mol. The van der Waals surface area contributed by atoms with Crippen molar-refractivity contribution >= 4 is 23.0 Å². The minimum absolute atomic E-state index is 0.690. The number of hydrogen-bond donors (Lipinski definition) is 2. The summed E-state index contributed by atoms with van der Waals surface area (Å²) in [6, 6.07) is 13.9. The average Bonchev–Trinajstić information content (AvgIpc) is 2.40. The van der Waals surface area contributed by atoms with Gasteiger partial charge in [-0.1, -0.05) is 42.8 Å². The maximum absolute atomic E-state index is 5.96. The van der Waals surface area contributed by atoms with Crippen LogP contribution in [0.1, 0.15) is 18.1 Å². The number of nitrogen functional groups attached to an aromatic ring is 1. The Morgan fingerprint density at radius 1 is 1.11 bits per heavy atom. The SMILES string of the molecule is CCc1ccccc1CNc1cc(Cl)ccc1N. The van der Waals surface area contributed by atoms with Gasteiger partial charge in [-0.05, 0) is 35.7 Å². The molecule has 0 aliphatic carbocycles. The molecular formula is C15H17ClN2. The van der Waals surface area contributed by atoms with Gasteiger partial charge < -0.3 is 11.1 Å². The molecule has 94 valence electrons. The van der Waals surface area contributed by atoms with Gasteiger partial charge in [0, 0.05) is 11.6 Å². The van der Waals surface area contributed by atoms with Crippen LogP contribution in [-0.4, -0.2) is 0 Å². The lowest BCUT2D eigenvalue weighted by molar-refractivity contribution is 1.04. The first-order valence-corrected chi connectivity index (χ1v) is 6.44. The van der Waals surface area contributed by atoms with Gasteiger partial charge in [0.2, 0.25) is 0 Å². The van der Waals surface area contributed by atoms with E-state index in [1.807, 2.05) is 12.1 Å². The van der Waals surface area contributed by atoms with Crippen LogP contribution in [0.4, 0.5) is 11.4 Å². The van der Waals surface area contributed by atoms with Crippen molar-refractivity contribution < 1.29 is 0 Å². The quantitative estimate of drug-likeness (QED) is 0.813. The summed E-state index contributed by atoms with van der Waals surface area (Å²) in [6.45, 7) is 2.92. The second-order valence-corrected chi connectivity index (χ2v) is 4.64. The fraction of sp³-hybridized carbons (Fsp3) is 0.200. The maximum atomic E-state index is 5.96. The first kappa shape index (κ1) is 12.8. The molecule has 0 saturated heterocycles. The van der Waals surface area contributed by atoms with Crippen molar-refractivity contribution in [1.29, 1.82) is 0 Å². The molecule has 0 bridgehead atoms. The van der Waals surface area contributed by atoms with E-state index < -0.39 is 0 Å². The molecule has 0 fully saturated rings. The van der Waals surface area contributed by atoms with Gasteiger partial charge in [-0.15, -0.1) is 0 Å². The number of nitrogens with one attached hydrogen (secondary N) is 1. The molecule has 0 atom stereocenters. The van der Waals surface area contributed by atoms with Gasteiger partial charge in [-0.2, -0.15) is 0 Å². The van der Waals surface area contributed by atoms with E-state index in [0.717, 1.165) is 18.7 Å². The number of nitrogens with two attached hydrogens (primary N) is 1. The molecule has 3 heteroatoms. The Bertz CT molecular complexity index is 538. The third-order valence-electron chi connectivity index (χ3n) is 2.98. The van der Waals surface area contributed by atoms with Crippen molar-refractivity contribution in [2.75, 3.05) is 11.1 Å². The smallest absolute Gasteiger partial charge is 0.0591 e. The van der Waals surface area contributed by atoms with Crippen molar-refractivity contribution in [2.45, 2.75) is 19.9 Å². The van der Waals surface area contributed by atoms with E-state index in [0.29, 0.717) is 10.7 Å². The molecule has 0 amide bonds. The van der Waals surface area contributed by atoms with Crippen molar-refractivity contribution in [2.24, 2.45) is 0 Å². The summed E-state index contributed by atoms with van der Waals surface area (Å²) in [5, 5.41) is 4.03. The van der Waals surface area contributed by atoms with E-state index in [1.165, 1.54) is 11.1 Å². The zero-order valence-electron chi connectivity index (χ0n) is 10.4. The summed E-state index contributed by atoms with van der Waals surface area (Å²) in [5.41, 5.74) is 10.1. The standard InChI is InChI=1S/C15H17ClN2/c1-2-11-5-3-4-6-12(11)10-18-15-9-13(16)7-8-14(15)17/h3-9,18H,2,10,17H2,1H3. The molecule has 0 saturated carbocycles. The Morgan fingerprint density at radius 3 is 2.56 bits per heavy atom. The molecule has 0 spiro atoms. The van der Waals surface area contributed by atoms with Crippen molar-refractivity contribution in [3.8, 4) is 0 Å². The van der Waals surface area contributed by atoms with E-state index in [-0.39, 0.29) is 0 Å². The van der Waals surface area contributed by atoms with Crippen LogP contribution in [0.2, 0.25) is 5.02 Å². The largest absolute Gasteiger partial charge is 0.397 e. The molecule has 3 N–H and O–H groups in total. The Labute approximate surface area is 113 Å². The number of rotatable bonds is 4. The molecule has 2 rings (SSSR count). The summed E-state index contributed by atoms with van der Waals surface area (Å²) in [5.74, 6) is 0. The molecule has 0 unspecified atom stereocenters. The lowest BCUT2D eigenvalue weighted by Gasteiger charge is -2.12. The summed E-state index contributed by atoms with van der Waals surface area (Å²) in [4.78, 5) is 0. The molecule has 0 aromatic heterocycles. The molecule has 18 heavy (non-hydrogen) atoms. The highest BCUT2D eigenvalue weighted by Gasteiger charge is 2.02. The number of hydrogen-bond acceptors (Lipinski definition) is 2. The molecule has 0 aliphatic heterocycles. The van der Waals surface area contributed by atoms with Crippen LogP contribution < -0.4 is 11.1 Å². The van der Waals surface area contributed by atoms with Crippen LogP contribution in [0.15, 0.2) is 42.5 Å². The Hall–Kier alpha value is -1.67. The van der Waals surface area contributed by atoms with E-state index in [4.69, 9.17) is 17.3 Å². The molecular weight excluding hydrogens is 244 g/mol. The minimum atomic E-state index is 0.690. The zero-order chi connectivity index (χ0) is 13.0. The number of benzene rings is 2. The Kier molecular flexibility index (Phi) is 4.11. The number of anilines is 2. The lowest BCUT2D eigenvalue weighted by Crippen LogP contribution is -2.04. The van der Waals surface area contributed by atoms with Crippen LogP contribution in [-0.2, 0) is 13.0 Å². The molecule has 2 aromatic carbocycles. The third-order valence-corrected chi connectivity index (χ3v) is 3.22. The Morgan fingerprint density at radius 2 is 1.83 bits per heavy atom. The van der Waals surface area contributed by atoms with E-state index in [9.17, 15) is 0 Å². The average molecular weight is 261 g/mol. The first-order chi connectivity index (χ1) is 8.70. The van der Waals surface area contributed by atoms with Gasteiger partial charge in [0.05, 0.1) is 11.4 Å². The normalized spacial score (nSPS) is 10.3. The van der Waals surface area contributed by atoms with Crippen molar-refractivity contribution in [3.05, 3.63) is 58.6 Å². The van der Waals surface area contributed by atoms with E-state index in [1.54, 1.807) is 6.07 Å². The van der Waals surface area contributed by atoms with Gasteiger partial charge >= 0.3 is 0 Å². The Balaban J connectivity index is 2.14. The topological polar surface area (TPSA) is 38.0 Å². The van der Waals surface area contributed by atoms with Crippen LogP contribution >= 0.6 is 11.6 Å². The number of halogens is 1. The second kappa shape index (κ2) is 5.78. The van der Waals surface area contributed by atoms with Crippen LogP contribution in [0.25, 0.3) is 0 Å². The summed E-state index contributed by atoms with van der Waals surface area (Å²) in [7, 11) is 0. The van der Waals surface area contributed by atoms with Crippen molar-refractivity contribution in [1.82, 2.24) is 0 Å². The van der Waals surface area contributed by atoms with Gasteiger partial charge in [0.25, 0.3) is 0 Å². The van der Waals surface area contributed by atoms with E-state index >= 15 is 0 Å². The lowest BCUT2D eigenvalue weighted by atomic mass is 10.1. The van der Waals surface area contributed by atoms with Crippen LogP contribution in [0, 0.1) is 0 Å². The molecule has 0 heterocycles. The van der Waals surface area contributed by atoms with E-state index in [2.05, 4.69) is 36.5 Å². The summed E-state index contributed by atoms with van der Waals surface area (Å²) >= 11 is 5.96. The second-order valence-electron chi connectivity index (χ2n) is 4.21. The molecule has 0 radical (unpaired) electrons. The first-order valence-electron chi connectivity index (χ1n) is 6.06. The van der Waals surface area contributed by atoms with Gasteiger partial charge in [-0.25, -0.2) is 0 Å². The fourth-order valence-corrected chi connectivity index (χ4v) is 2.12. The van der Waals surface area contributed by atoms with Crippen LogP contribution in [0.5, 0.6) is 0 Å². The molecule has 2 aromatic rings. The molecule has 2 nitrogen and oxygen atoms in total. The van der Waals surface area contributed by atoms with Crippen LogP contribution in [0.3, 0.4) is 0 Å². The van der Waals surface area contributed by atoms with Gasteiger partial charge in [0.15, 0.2) is 0 Å². The fourth-order valence-electron chi connectivity index (χ4n) is 1.95.